The van der Waals surface area contributed by atoms with Gasteiger partial charge < -0.3 is 0 Å². The molecule has 0 aromatic rings. The molecule has 0 heterocycles. The fourth-order valence-corrected chi connectivity index (χ4v) is 1.60. The molecule has 0 atom stereocenters. The number of hydrogen-bond donors (Lipinski definition) is 0. The third-order valence-corrected chi connectivity index (χ3v) is 2.63. The molecule has 1 nitrogen and oxygen atoms in total. The van der Waals surface area contributed by atoms with Crippen molar-refractivity contribution in [2.45, 2.75) is 64.7 Å². The zero-order chi connectivity index (χ0) is 10.6. The molecule has 0 aromatic carbocycles. The summed E-state index contributed by atoms with van der Waals surface area (Å²) in [6.07, 6.45) is 10.9. The van der Waals surface area contributed by atoms with Crippen LogP contribution in [0.1, 0.15) is 64.7 Å². The smallest absolute Gasteiger partial charge is 0.140 e. The molecule has 0 unspecified atom stereocenters. The first-order valence-electron chi connectivity index (χ1n) is 5.70. The van der Waals surface area contributed by atoms with E-state index < -0.39 is 0 Å². The van der Waals surface area contributed by atoms with Crippen molar-refractivity contribution in [3.05, 3.63) is 5.03 Å². The van der Waals surface area contributed by atoms with Gasteiger partial charge in [0.2, 0.25) is 0 Å². The summed E-state index contributed by atoms with van der Waals surface area (Å²) < 4.78 is 0. The van der Waals surface area contributed by atoms with E-state index in [9.17, 15) is 4.79 Å². The second-order valence-corrected chi connectivity index (χ2v) is 4.19. The van der Waals surface area contributed by atoms with E-state index in [1.165, 1.54) is 44.9 Å². The van der Waals surface area contributed by atoms with Crippen LogP contribution >= 0.6 is 11.6 Å². The molecule has 0 spiro atoms. The summed E-state index contributed by atoms with van der Waals surface area (Å²) in [5.74, 6) is 1.72. The Bertz CT molecular complexity index is 171. The van der Waals surface area contributed by atoms with E-state index in [0.29, 0.717) is 11.5 Å². The Morgan fingerprint density at radius 2 is 1.50 bits per heavy atom. The van der Waals surface area contributed by atoms with Crippen LogP contribution in [0.2, 0.25) is 0 Å². The van der Waals surface area contributed by atoms with Gasteiger partial charge in [0.05, 0.1) is 0 Å². The molecule has 0 saturated heterocycles. The monoisotopic (exact) mass is 216 g/mol. The molecule has 2 heteroatoms. The number of hydrogen-bond acceptors (Lipinski definition) is 1. The van der Waals surface area contributed by atoms with Crippen molar-refractivity contribution in [1.82, 2.24) is 0 Å². The Morgan fingerprint density at radius 1 is 1.00 bits per heavy atom. The third-order valence-electron chi connectivity index (χ3n) is 2.36. The lowest BCUT2D eigenvalue weighted by Crippen LogP contribution is -1.81. The minimum absolute atomic E-state index is 0.344. The van der Waals surface area contributed by atoms with Gasteiger partial charge in [0.25, 0.3) is 0 Å². The largest absolute Gasteiger partial charge is 0.232 e. The predicted octanol–water partition coefficient (Wildman–Crippen LogP) is 4.47. The van der Waals surface area contributed by atoms with Gasteiger partial charge in [-0.05, 0) is 12.8 Å². The maximum atomic E-state index is 10.0. The van der Waals surface area contributed by atoms with Crippen LogP contribution in [0.25, 0.3) is 0 Å². The summed E-state index contributed by atoms with van der Waals surface area (Å²) in [5, 5.41) is 0.344. The van der Waals surface area contributed by atoms with Crippen LogP contribution in [0.5, 0.6) is 0 Å². The zero-order valence-corrected chi connectivity index (χ0v) is 9.91. The minimum Gasteiger partial charge on any atom is -0.232 e. The number of allylic oxidation sites excluding steroid dienone is 1. The average molecular weight is 217 g/mol. The van der Waals surface area contributed by atoms with Crippen LogP contribution in [-0.4, -0.2) is 5.94 Å². The van der Waals surface area contributed by atoms with Crippen LogP contribution in [0.15, 0.2) is 5.03 Å². The first-order chi connectivity index (χ1) is 6.81. The van der Waals surface area contributed by atoms with Crippen LogP contribution in [0.4, 0.5) is 0 Å². The van der Waals surface area contributed by atoms with Crippen molar-refractivity contribution in [2.24, 2.45) is 0 Å². The minimum atomic E-state index is 0.344. The van der Waals surface area contributed by atoms with E-state index in [4.69, 9.17) is 11.6 Å². The molecular formula is C12H21ClO. The van der Waals surface area contributed by atoms with E-state index in [1.54, 1.807) is 5.94 Å². The van der Waals surface area contributed by atoms with E-state index >= 15 is 0 Å². The molecule has 0 fully saturated rings. The summed E-state index contributed by atoms with van der Waals surface area (Å²) >= 11 is 5.54. The van der Waals surface area contributed by atoms with Crippen molar-refractivity contribution in [2.75, 3.05) is 0 Å². The zero-order valence-electron chi connectivity index (χ0n) is 9.15. The maximum Gasteiger partial charge on any atom is 0.140 e. The first kappa shape index (κ1) is 13.7. The predicted molar refractivity (Wildman–Crippen MR) is 62.3 cm³/mol. The van der Waals surface area contributed by atoms with Gasteiger partial charge in [-0.1, -0.05) is 63.5 Å². The molecule has 0 bridgehead atoms. The Hall–Kier alpha value is -0.260. The molecule has 0 radical (unpaired) electrons. The third kappa shape index (κ3) is 9.83. The lowest BCUT2D eigenvalue weighted by molar-refractivity contribution is 0.563. The number of halogens is 1. The van der Waals surface area contributed by atoms with E-state index in [2.05, 4.69) is 6.92 Å². The van der Waals surface area contributed by atoms with Gasteiger partial charge in [0, 0.05) is 0 Å². The summed E-state index contributed by atoms with van der Waals surface area (Å²) in [6.45, 7) is 2.23. The summed E-state index contributed by atoms with van der Waals surface area (Å²) in [4.78, 5) is 10.0. The van der Waals surface area contributed by atoms with Gasteiger partial charge >= 0.3 is 0 Å². The quantitative estimate of drug-likeness (QED) is 0.411. The molecule has 0 aliphatic heterocycles. The second-order valence-electron chi connectivity index (χ2n) is 3.73. The second kappa shape index (κ2) is 10.8. The summed E-state index contributed by atoms with van der Waals surface area (Å²) in [5.41, 5.74) is 0. The highest BCUT2D eigenvalue weighted by atomic mass is 35.5. The molecular weight excluding hydrogens is 196 g/mol. The van der Waals surface area contributed by atoms with Gasteiger partial charge in [0.15, 0.2) is 0 Å². The van der Waals surface area contributed by atoms with Gasteiger partial charge in [-0.2, -0.15) is 0 Å². The number of unbranched alkanes of at least 4 members (excludes halogenated alkanes) is 7. The molecule has 0 aromatic heterocycles. The van der Waals surface area contributed by atoms with E-state index in [1.807, 2.05) is 0 Å². The van der Waals surface area contributed by atoms with Gasteiger partial charge in [-0.25, -0.2) is 4.79 Å². The molecule has 0 saturated carbocycles. The van der Waals surface area contributed by atoms with Crippen LogP contribution < -0.4 is 0 Å². The normalized spacial score (nSPS) is 9.86. The molecule has 0 amide bonds. The topological polar surface area (TPSA) is 17.1 Å². The molecule has 0 N–H and O–H groups in total. The van der Waals surface area contributed by atoms with Gasteiger partial charge in [0.1, 0.15) is 11.0 Å². The standard InChI is InChI=1S/C12H21ClO/c1-2-3-4-5-6-7-8-9-10-12(13)11-14/h2-10H2,1H3. The highest BCUT2D eigenvalue weighted by Gasteiger charge is 1.94. The van der Waals surface area contributed by atoms with Crippen molar-refractivity contribution in [3.63, 3.8) is 0 Å². The Morgan fingerprint density at radius 3 is 2.00 bits per heavy atom. The molecule has 0 rings (SSSR count). The van der Waals surface area contributed by atoms with Crippen molar-refractivity contribution < 1.29 is 4.79 Å². The van der Waals surface area contributed by atoms with Gasteiger partial charge in [-0.15, -0.1) is 0 Å². The molecule has 82 valence electrons. The average Bonchev–Trinajstić information content (AvgIpc) is 2.21. The molecule has 0 aliphatic carbocycles. The lowest BCUT2D eigenvalue weighted by atomic mass is 10.1. The van der Waals surface area contributed by atoms with Gasteiger partial charge in [-0.3, -0.25) is 0 Å². The molecule has 0 aliphatic rings. The molecule has 14 heavy (non-hydrogen) atoms. The van der Waals surface area contributed by atoms with Crippen molar-refractivity contribution >= 4 is 17.5 Å². The van der Waals surface area contributed by atoms with Crippen LogP contribution in [-0.2, 0) is 4.79 Å². The lowest BCUT2D eigenvalue weighted by Gasteiger charge is -2.00. The maximum absolute atomic E-state index is 10.0. The van der Waals surface area contributed by atoms with E-state index in [-0.39, 0.29) is 0 Å². The number of rotatable bonds is 9. The summed E-state index contributed by atoms with van der Waals surface area (Å²) in [6, 6.07) is 0. The Labute approximate surface area is 92.5 Å². The SMILES string of the molecule is CCCCCCCCCCC(Cl)=C=O. The fourth-order valence-electron chi connectivity index (χ4n) is 1.47. The van der Waals surface area contributed by atoms with Crippen molar-refractivity contribution in [1.29, 1.82) is 0 Å². The number of carbonyl (C=O) groups excluding carboxylic acids is 1. The Balaban J connectivity index is 3.03. The first-order valence-corrected chi connectivity index (χ1v) is 6.08. The fraction of sp³-hybridized carbons (Fsp3) is 0.833. The Kier molecular flexibility index (Phi) is 10.6. The van der Waals surface area contributed by atoms with E-state index in [0.717, 1.165) is 6.42 Å². The summed E-state index contributed by atoms with van der Waals surface area (Å²) in [7, 11) is 0. The highest BCUT2D eigenvalue weighted by molar-refractivity contribution is 6.33. The van der Waals surface area contributed by atoms with Crippen molar-refractivity contribution in [3.8, 4) is 0 Å². The van der Waals surface area contributed by atoms with Crippen LogP contribution in [0.3, 0.4) is 0 Å². The highest BCUT2D eigenvalue weighted by Crippen LogP contribution is 2.12. The van der Waals surface area contributed by atoms with Crippen LogP contribution in [0, 0.1) is 0 Å².